The maximum Gasteiger partial charge on any atom is 0.312 e. The Morgan fingerprint density at radius 2 is 0.831 bits per heavy atom. The van der Waals surface area contributed by atoms with E-state index in [0.29, 0.717) is 69.5 Å². The van der Waals surface area contributed by atoms with Gasteiger partial charge in [-0.05, 0) is 87.4 Å². The van der Waals surface area contributed by atoms with Crippen LogP contribution >= 0.6 is 7.37 Å². The van der Waals surface area contributed by atoms with Crippen molar-refractivity contribution in [1.29, 1.82) is 0 Å². The molecule has 5 atom stereocenters. The van der Waals surface area contributed by atoms with Crippen molar-refractivity contribution >= 4 is 43.1 Å². The number of amides is 8. The lowest BCUT2D eigenvalue weighted by Crippen LogP contribution is -2.49. The fraction of sp³-hybridized carbons (Fsp3) is 0.857. The Balaban J connectivity index is 0. The number of nitrogens with two attached hydrogens (primary N) is 2. The highest BCUT2D eigenvalue weighted by atomic mass is 31.2. The predicted molar refractivity (Wildman–Crippen MR) is 238 cm³/mol. The molecule has 59 heavy (non-hydrogen) atoms. The van der Waals surface area contributed by atoms with E-state index in [1.807, 2.05) is 27.7 Å². The van der Waals surface area contributed by atoms with E-state index < -0.39 is 31.5 Å². The number of rotatable bonds is 29. The first kappa shape index (κ1) is 57.7. The molecule has 0 spiro atoms. The molecule has 17 heteroatoms. The van der Waals surface area contributed by atoms with E-state index in [0.717, 1.165) is 25.7 Å². The largest absolute Gasteiger partial charge is 0.354 e. The Hall–Kier alpha value is -3.39. The standard InChI is InChI=1S/C21H43N4O5P.C21H42N4O3/c1-14(2)13-17(15(3)4)19(26)25-18(9-7-10-24-21(22)28)20(27)23-11-8-12-31(29,30)16(5)6;1-14(2)9-7-11-23-20(27)18(10-8-12-24-21(22)28)25-19(26)17(16(5)6)13-15(3)4/h14-18H,7-13H2,1-6H3,(H,23,27)(H,25,26)(H,29,30)(H3,22,24,28);14-18H,7-13H2,1-6H3,(H,23,27)(H,25,26)(H3,22,24,28)/t2*17-,18-/m00/s1. The molecule has 16 nitrogen and oxygen atoms in total. The third-order valence-corrected chi connectivity index (χ3v) is 12.5. The molecule has 0 saturated carbocycles. The van der Waals surface area contributed by atoms with Gasteiger partial charge in [0, 0.05) is 49.8 Å². The summed E-state index contributed by atoms with van der Waals surface area (Å²) >= 11 is 0. The van der Waals surface area contributed by atoms with Gasteiger partial charge in [0.2, 0.25) is 31.0 Å². The lowest BCUT2D eigenvalue weighted by Gasteiger charge is -2.26. The second-order valence-electron chi connectivity index (χ2n) is 18.0. The predicted octanol–water partition coefficient (Wildman–Crippen LogP) is 5.21. The van der Waals surface area contributed by atoms with Gasteiger partial charge in [0.05, 0.1) is 0 Å². The smallest absolute Gasteiger partial charge is 0.312 e. The summed E-state index contributed by atoms with van der Waals surface area (Å²) in [7, 11) is -3.21. The average molecular weight is 861 g/mol. The van der Waals surface area contributed by atoms with Gasteiger partial charge in [0.25, 0.3) is 0 Å². The molecule has 0 aliphatic rings. The zero-order valence-electron chi connectivity index (χ0n) is 38.6. The number of primary amides is 2. The van der Waals surface area contributed by atoms with Crippen molar-refractivity contribution in [2.75, 3.05) is 32.3 Å². The van der Waals surface area contributed by atoms with Gasteiger partial charge in [0.15, 0.2) is 0 Å². The van der Waals surface area contributed by atoms with Gasteiger partial charge >= 0.3 is 12.1 Å². The minimum Gasteiger partial charge on any atom is -0.354 e. The van der Waals surface area contributed by atoms with Crippen molar-refractivity contribution in [1.82, 2.24) is 31.9 Å². The first-order chi connectivity index (χ1) is 27.3. The first-order valence-corrected chi connectivity index (χ1v) is 23.8. The summed E-state index contributed by atoms with van der Waals surface area (Å²) in [6.45, 7) is 25.6. The van der Waals surface area contributed by atoms with Gasteiger partial charge in [-0.25, -0.2) is 9.59 Å². The molecule has 0 aliphatic carbocycles. The van der Waals surface area contributed by atoms with Crippen LogP contribution in [0.5, 0.6) is 0 Å². The monoisotopic (exact) mass is 861 g/mol. The molecule has 0 radical (unpaired) electrons. The van der Waals surface area contributed by atoms with Gasteiger partial charge in [0.1, 0.15) is 12.1 Å². The van der Waals surface area contributed by atoms with Crippen molar-refractivity contribution in [2.24, 2.45) is 52.9 Å². The maximum absolute atomic E-state index is 12.9. The van der Waals surface area contributed by atoms with Crippen LogP contribution < -0.4 is 43.4 Å². The highest BCUT2D eigenvalue weighted by Gasteiger charge is 2.30. The molecule has 0 heterocycles. The van der Waals surface area contributed by atoms with Gasteiger partial charge in [-0.1, -0.05) is 83.1 Å². The topological polar surface area (TPSA) is 264 Å². The molecule has 0 bridgehead atoms. The number of carbonyl (C=O) groups is 6. The molecule has 0 aromatic carbocycles. The Bertz CT molecular complexity index is 1290. The fourth-order valence-electron chi connectivity index (χ4n) is 6.25. The van der Waals surface area contributed by atoms with Crippen molar-refractivity contribution < 1.29 is 38.2 Å². The van der Waals surface area contributed by atoms with Crippen LogP contribution in [0.25, 0.3) is 0 Å². The van der Waals surface area contributed by atoms with Crippen LogP contribution in [0.1, 0.15) is 141 Å². The maximum atomic E-state index is 12.9. The van der Waals surface area contributed by atoms with Crippen LogP contribution in [-0.2, 0) is 23.7 Å². The highest BCUT2D eigenvalue weighted by molar-refractivity contribution is 7.58. The molecule has 0 aliphatic heterocycles. The summed E-state index contributed by atoms with van der Waals surface area (Å²) in [5, 5.41) is 16.5. The zero-order valence-corrected chi connectivity index (χ0v) is 39.5. The Morgan fingerprint density at radius 1 is 0.492 bits per heavy atom. The third kappa shape index (κ3) is 29.5. The summed E-state index contributed by atoms with van der Waals surface area (Å²) in [6, 6.07) is -2.58. The van der Waals surface area contributed by atoms with Crippen LogP contribution in [0, 0.1) is 41.4 Å². The molecular formula is C42H85N8O8P. The molecule has 346 valence electrons. The van der Waals surface area contributed by atoms with Crippen LogP contribution in [-0.4, -0.2) is 90.7 Å². The summed E-state index contributed by atoms with van der Waals surface area (Å²) in [5.41, 5.74) is 9.82. The summed E-state index contributed by atoms with van der Waals surface area (Å²) in [5.74, 6) is 0.619. The van der Waals surface area contributed by atoms with Gasteiger partial charge < -0.3 is 48.3 Å². The molecule has 8 amide bonds. The summed E-state index contributed by atoms with van der Waals surface area (Å²) in [4.78, 5) is 82.6. The van der Waals surface area contributed by atoms with Gasteiger partial charge in [-0.2, -0.15) is 0 Å². The normalized spacial score (nSPS) is 14.5. The van der Waals surface area contributed by atoms with Crippen molar-refractivity contribution in [3.63, 3.8) is 0 Å². The lowest BCUT2D eigenvalue weighted by atomic mass is 9.86. The minimum atomic E-state index is -3.21. The number of nitrogens with one attached hydrogen (secondary N) is 6. The van der Waals surface area contributed by atoms with Gasteiger partial charge in [-0.15, -0.1) is 0 Å². The van der Waals surface area contributed by atoms with E-state index in [4.69, 9.17) is 11.5 Å². The fourth-order valence-corrected chi connectivity index (χ4v) is 7.38. The summed E-state index contributed by atoms with van der Waals surface area (Å²) in [6.07, 6.45) is 5.80. The lowest BCUT2D eigenvalue weighted by molar-refractivity contribution is -0.132. The van der Waals surface area contributed by atoms with E-state index in [-0.39, 0.29) is 65.7 Å². The highest BCUT2D eigenvalue weighted by Crippen LogP contribution is 2.46. The minimum absolute atomic E-state index is 0.0751. The Kier molecular flexibility index (Phi) is 30.8. The van der Waals surface area contributed by atoms with Crippen LogP contribution in [0.4, 0.5) is 9.59 Å². The molecule has 1 unspecified atom stereocenters. The zero-order chi connectivity index (χ0) is 45.9. The second-order valence-corrected chi connectivity index (χ2v) is 21.0. The summed E-state index contributed by atoms with van der Waals surface area (Å²) < 4.78 is 12.0. The SMILES string of the molecule is CC(C)CCCNC(=O)[C@H](CCCNC(N)=O)NC(=O)[C@@H](CC(C)C)C(C)C.CC(C)C[C@H](C(=O)N[C@@H](CCCNC(N)=O)C(=O)NCCCP(=O)(O)C(C)C)C(C)C. The van der Waals surface area contributed by atoms with E-state index in [1.54, 1.807) is 13.8 Å². The molecule has 0 rings (SSSR count). The number of hydrogen-bond acceptors (Lipinski definition) is 7. The first-order valence-electron chi connectivity index (χ1n) is 21.9. The van der Waals surface area contributed by atoms with Crippen molar-refractivity contribution in [3.05, 3.63) is 0 Å². The quantitative estimate of drug-likeness (QED) is 0.0355. The molecule has 11 N–H and O–H groups in total. The Morgan fingerprint density at radius 3 is 1.14 bits per heavy atom. The van der Waals surface area contributed by atoms with Crippen molar-refractivity contribution in [3.8, 4) is 0 Å². The van der Waals surface area contributed by atoms with Crippen LogP contribution in [0.2, 0.25) is 0 Å². The molecular weight excluding hydrogens is 775 g/mol. The molecule has 0 aromatic heterocycles. The molecule has 0 saturated heterocycles. The number of carbonyl (C=O) groups excluding carboxylic acids is 6. The third-order valence-electron chi connectivity index (χ3n) is 9.96. The molecule has 0 aromatic rings. The van der Waals surface area contributed by atoms with E-state index in [2.05, 4.69) is 73.4 Å². The van der Waals surface area contributed by atoms with E-state index in [1.165, 1.54) is 0 Å². The molecule has 0 fully saturated rings. The second kappa shape index (κ2) is 31.5. The van der Waals surface area contributed by atoms with E-state index >= 15 is 0 Å². The van der Waals surface area contributed by atoms with Crippen LogP contribution in [0.3, 0.4) is 0 Å². The number of urea groups is 2. The Labute approximate surface area is 356 Å². The van der Waals surface area contributed by atoms with Gasteiger partial charge in [-0.3, -0.25) is 23.7 Å². The van der Waals surface area contributed by atoms with Crippen molar-refractivity contribution in [2.45, 2.75) is 159 Å². The average Bonchev–Trinajstić information content (AvgIpc) is 3.11. The van der Waals surface area contributed by atoms with Crippen LogP contribution in [0.15, 0.2) is 0 Å². The number of hydrogen-bond donors (Lipinski definition) is 9. The van der Waals surface area contributed by atoms with E-state index in [9.17, 15) is 38.2 Å².